The Morgan fingerprint density at radius 1 is 1.11 bits per heavy atom. The van der Waals surface area contributed by atoms with Crippen molar-refractivity contribution in [1.82, 2.24) is 0 Å². The van der Waals surface area contributed by atoms with Gasteiger partial charge >= 0.3 is 0 Å². The van der Waals surface area contributed by atoms with Crippen molar-refractivity contribution in [3.8, 4) is 0 Å². The summed E-state index contributed by atoms with van der Waals surface area (Å²) in [6.45, 7) is 3.07. The molecule has 0 saturated carbocycles. The molecule has 1 aromatic carbocycles. The van der Waals surface area contributed by atoms with Crippen LogP contribution in [-0.2, 0) is 10.0 Å². The van der Waals surface area contributed by atoms with Gasteiger partial charge in [-0.2, -0.15) is 0 Å². The molecule has 0 bridgehead atoms. The van der Waals surface area contributed by atoms with Crippen molar-refractivity contribution in [2.24, 2.45) is 5.14 Å². The standard InChI is InChI=1S/C14H24N2O2S/c1-2-3-4-5-6-7-11-16-13-9-8-10-14(12-13)19(15,17)18/h8-10,12,16H,2-7,11H2,1H3,(H2,15,17,18). The zero-order valence-corrected chi connectivity index (χ0v) is 12.4. The lowest BCUT2D eigenvalue weighted by molar-refractivity contribution is 0.598. The number of benzene rings is 1. The van der Waals surface area contributed by atoms with Gasteiger partial charge < -0.3 is 5.32 Å². The fourth-order valence-corrected chi connectivity index (χ4v) is 2.48. The van der Waals surface area contributed by atoms with Crippen molar-refractivity contribution in [1.29, 1.82) is 0 Å². The Kier molecular flexibility index (Phi) is 6.87. The van der Waals surface area contributed by atoms with Gasteiger partial charge in [-0.15, -0.1) is 0 Å². The molecular weight excluding hydrogens is 260 g/mol. The van der Waals surface area contributed by atoms with Crippen LogP contribution in [0.5, 0.6) is 0 Å². The predicted molar refractivity (Wildman–Crippen MR) is 79.7 cm³/mol. The van der Waals surface area contributed by atoms with Crippen LogP contribution in [0.25, 0.3) is 0 Å². The maximum absolute atomic E-state index is 11.2. The van der Waals surface area contributed by atoms with Crippen LogP contribution in [0.2, 0.25) is 0 Å². The van der Waals surface area contributed by atoms with Crippen LogP contribution in [0.1, 0.15) is 45.4 Å². The van der Waals surface area contributed by atoms with E-state index in [1.807, 2.05) is 6.07 Å². The zero-order valence-electron chi connectivity index (χ0n) is 11.6. The minimum Gasteiger partial charge on any atom is -0.385 e. The third-order valence-corrected chi connectivity index (χ3v) is 3.93. The molecule has 0 aliphatic rings. The lowest BCUT2D eigenvalue weighted by Crippen LogP contribution is -2.12. The van der Waals surface area contributed by atoms with Crippen molar-refractivity contribution in [3.05, 3.63) is 24.3 Å². The summed E-state index contributed by atoms with van der Waals surface area (Å²) < 4.78 is 22.4. The Morgan fingerprint density at radius 2 is 1.79 bits per heavy atom. The molecule has 1 aromatic rings. The first kappa shape index (κ1) is 16.0. The molecule has 0 spiro atoms. The molecule has 0 aliphatic heterocycles. The first-order valence-corrected chi connectivity index (χ1v) is 8.45. The highest BCUT2D eigenvalue weighted by molar-refractivity contribution is 7.89. The number of hydrogen-bond acceptors (Lipinski definition) is 3. The number of nitrogens with one attached hydrogen (secondary N) is 1. The SMILES string of the molecule is CCCCCCCCNc1cccc(S(N)(=O)=O)c1. The molecule has 0 atom stereocenters. The van der Waals surface area contributed by atoms with E-state index in [0.29, 0.717) is 0 Å². The van der Waals surface area contributed by atoms with E-state index in [0.717, 1.165) is 18.7 Å². The van der Waals surface area contributed by atoms with Gasteiger partial charge in [-0.1, -0.05) is 45.1 Å². The molecule has 108 valence electrons. The normalized spacial score (nSPS) is 11.5. The fourth-order valence-electron chi connectivity index (χ4n) is 1.92. The monoisotopic (exact) mass is 284 g/mol. The molecular formula is C14H24N2O2S. The van der Waals surface area contributed by atoms with Gasteiger partial charge in [0.2, 0.25) is 10.0 Å². The van der Waals surface area contributed by atoms with E-state index in [9.17, 15) is 8.42 Å². The number of hydrogen-bond donors (Lipinski definition) is 2. The van der Waals surface area contributed by atoms with E-state index in [-0.39, 0.29) is 4.90 Å². The van der Waals surface area contributed by atoms with E-state index in [2.05, 4.69) is 12.2 Å². The topological polar surface area (TPSA) is 72.2 Å². The van der Waals surface area contributed by atoms with E-state index >= 15 is 0 Å². The fraction of sp³-hybridized carbons (Fsp3) is 0.571. The number of sulfonamides is 1. The highest BCUT2D eigenvalue weighted by atomic mass is 32.2. The van der Waals surface area contributed by atoms with Gasteiger partial charge in [0.05, 0.1) is 4.90 Å². The van der Waals surface area contributed by atoms with Gasteiger partial charge in [0, 0.05) is 12.2 Å². The maximum Gasteiger partial charge on any atom is 0.238 e. The Morgan fingerprint density at radius 3 is 2.47 bits per heavy atom. The molecule has 5 heteroatoms. The van der Waals surface area contributed by atoms with Crippen molar-refractivity contribution in [2.75, 3.05) is 11.9 Å². The van der Waals surface area contributed by atoms with Gasteiger partial charge in [-0.3, -0.25) is 0 Å². The predicted octanol–water partition coefficient (Wildman–Crippen LogP) is 3.11. The summed E-state index contributed by atoms with van der Waals surface area (Å²) in [4.78, 5) is 0.153. The van der Waals surface area contributed by atoms with Crippen molar-refractivity contribution in [2.45, 2.75) is 50.3 Å². The molecule has 19 heavy (non-hydrogen) atoms. The van der Waals surface area contributed by atoms with Crippen molar-refractivity contribution in [3.63, 3.8) is 0 Å². The minimum atomic E-state index is -3.61. The summed E-state index contributed by atoms with van der Waals surface area (Å²) in [7, 11) is -3.61. The summed E-state index contributed by atoms with van der Waals surface area (Å²) in [5, 5.41) is 8.32. The quantitative estimate of drug-likeness (QED) is 0.684. The summed E-state index contributed by atoms with van der Waals surface area (Å²) in [5.41, 5.74) is 0.806. The Labute approximate surface area is 116 Å². The third kappa shape index (κ3) is 6.59. The van der Waals surface area contributed by atoms with Crippen LogP contribution in [0.15, 0.2) is 29.2 Å². The average Bonchev–Trinajstić information content (AvgIpc) is 2.37. The van der Waals surface area contributed by atoms with Gasteiger partial charge in [-0.25, -0.2) is 13.6 Å². The first-order valence-electron chi connectivity index (χ1n) is 6.91. The van der Waals surface area contributed by atoms with Crippen LogP contribution < -0.4 is 10.5 Å². The summed E-state index contributed by atoms with van der Waals surface area (Å²) >= 11 is 0. The first-order chi connectivity index (χ1) is 9.04. The van der Waals surface area contributed by atoms with E-state index in [1.54, 1.807) is 12.1 Å². The van der Waals surface area contributed by atoms with E-state index in [4.69, 9.17) is 5.14 Å². The number of primary sulfonamides is 1. The van der Waals surface area contributed by atoms with Gasteiger partial charge in [0.15, 0.2) is 0 Å². The van der Waals surface area contributed by atoms with Crippen LogP contribution in [-0.4, -0.2) is 15.0 Å². The zero-order chi connectivity index (χ0) is 14.1. The van der Waals surface area contributed by atoms with Gasteiger partial charge in [-0.05, 0) is 24.6 Å². The molecule has 0 fully saturated rings. The number of nitrogens with two attached hydrogens (primary N) is 1. The molecule has 0 heterocycles. The second kappa shape index (κ2) is 8.17. The number of anilines is 1. The van der Waals surface area contributed by atoms with E-state index in [1.165, 1.54) is 38.2 Å². The van der Waals surface area contributed by atoms with Crippen LogP contribution in [0.3, 0.4) is 0 Å². The number of unbranched alkanes of at least 4 members (excludes halogenated alkanes) is 5. The van der Waals surface area contributed by atoms with Crippen LogP contribution >= 0.6 is 0 Å². The Bertz CT molecular complexity index is 472. The maximum atomic E-state index is 11.2. The summed E-state index contributed by atoms with van der Waals surface area (Å²) in [6, 6.07) is 6.63. The molecule has 0 aliphatic carbocycles. The molecule has 4 nitrogen and oxygen atoms in total. The second-order valence-corrected chi connectivity index (χ2v) is 6.33. The van der Waals surface area contributed by atoms with Crippen LogP contribution in [0.4, 0.5) is 5.69 Å². The average molecular weight is 284 g/mol. The van der Waals surface area contributed by atoms with Crippen LogP contribution in [0, 0.1) is 0 Å². The minimum absolute atomic E-state index is 0.153. The lowest BCUT2D eigenvalue weighted by Gasteiger charge is -2.07. The molecule has 1 rings (SSSR count). The largest absolute Gasteiger partial charge is 0.385 e. The summed E-state index contributed by atoms with van der Waals surface area (Å²) in [5.74, 6) is 0. The van der Waals surface area contributed by atoms with Crippen molar-refractivity contribution < 1.29 is 8.42 Å². The third-order valence-electron chi connectivity index (χ3n) is 3.02. The highest BCUT2D eigenvalue weighted by Gasteiger charge is 2.07. The lowest BCUT2D eigenvalue weighted by atomic mass is 10.1. The van der Waals surface area contributed by atoms with Gasteiger partial charge in [0.25, 0.3) is 0 Å². The smallest absolute Gasteiger partial charge is 0.238 e. The molecule has 0 saturated heterocycles. The molecule has 0 aromatic heterocycles. The second-order valence-electron chi connectivity index (χ2n) is 4.77. The molecule has 0 amide bonds. The van der Waals surface area contributed by atoms with Gasteiger partial charge in [0.1, 0.15) is 0 Å². The van der Waals surface area contributed by atoms with E-state index < -0.39 is 10.0 Å². The molecule has 0 unspecified atom stereocenters. The highest BCUT2D eigenvalue weighted by Crippen LogP contribution is 2.14. The summed E-state index contributed by atoms with van der Waals surface area (Å²) in [6.07, 6.45) is 7.46. The Balaban J connectivity index is 2.30. The Hall–Kier alpha value is -1.07. The molecule has 3 N–H and O–H groups in total. The number of rotatable bonds is 9. The molecule has 0 radical (unpaired) electrons. The van der Waals surface area contributed by atoms with Crippen molar-refractivity contribution >= 4 is 15.7 Å².